The number of halogens is 2. The molecule has 1 heterocycles. The van der Waals surface area contributed by atoms with E-state index in [9.17, 15) is 13.6 Å². The molecule has 1 aliphatic heterocycles. The Labute approximate surface area is 95.8 Å². The van der Waals surface area contributed by atoms with Gasteiger partial charge in [0.25, 0.3) is 11.8 Å². The van der Waals surface area contributed by atoms with E-state index in [1.807, 2.05) is 0 Å². The normalized spacial score (nSPS) is 14.3. The first-order chi connectivity index (χ1) is 8.03. The highest BCUT2D eigenvalue weighted by Gasteiger charge is 2.32. The molecular weight excluding hydrogens is 230 g/mol. The lowest BCUT2D eigenvalue weighted by Crippen LogP contribution is -2.26. The second-order valence-electron chi connectivity index (χ2n) is 3.59. The van der Waals surface area contributed by atoms with Gasteiger partial charge in [-0.25, -0.2) is 8.78 Å². The Kier molecular flexibility index (Phi) is 2.68. The molecule has 1 aromatic rings. The van der Waals surface area contributed by atoms with E-state index in [1.165, 1.54) is 18.2 Å². The maximum atomic E-state index is 13.4. The van der Waals surface area contributed by atoms with Crippen molar-refractivity contribution in [1.82, 2.24) is 0 Å². The zero-order valence-corrected chi connectivity index (χ0v) is 8.67. The van der Waals surface area contributed by atoms with Gasteiger partial charge in [-0.2, -0.15) is 5.26 Å². The minimum absolute atomic E-state index is 0.124. The number of nitrogens with zero attached hydrogens (tertiary/aromatic N) is 1. The molecule has 0 fully saturated rings. The smallest absolute Gasteiger partial charge is 0.286 e. The van der Waals surface area contributed by atoms with Gasteiger partial charge in [0.15, 0.2) is 6.61 Å². The first-order valence-electron chi connectivity index (χ1n) is 4.85. The van der Waals surface area contributed by atoms with Gasteiger partial charge in [0, 0.05) is 5.56 Å². The lowest BCUT2D eigenvalue weighted by atomic mass is 10.0. The average molecular weight is 238 g/mol. The number of carbonyl (C=O) groups is 1. The number of fused-ring (bicyclic) bond motifs is 1. The molecule has 4 nitrogen and oxygen atoms in total. The molecule has 1 aliphatic rings. The van der Waals surface area contributed by atoms with E-state index in [4.69, 9.17) is 10.00 Å². The van der Waals surface area contributed by atoms with E-state index < -0.39 is 18.3 Å². The molecule has 0 aliphatic carbocycles. The molecule has 0 saturated heterocycles. The van der Waals surface area contributed by atoms with Crippen LogP contribution in [0.25, 0.3) is 0 Å². The van der Waals surface area contributed by atoms with Crippen molar-refractivity contribution in [3.8, 4) is 11.8 Å². The molecule has 0 radical (unpaired) electrons. The number of nitriles is 1. The molecule has 0 bridgehead atoms. The summed E-state index contributed by atoms with van der Waals surface area (Å²) in [6.45, 7) is -0.124. The second-order valence-corrected chi connectivity index (χ2v) is 3.59. The Morgan fingerprint density at radius 2 is 2.29 bits per heavy atom. The first-order valence-corrected chi connectivity index (χ1v) is 4.85. The summed E-state index contributed by atoms with van der Waals surface area (Å²) in [6, 6.07) is 5.10. The van der Waals surface area contributed by atoms with Crippen LogP contribution in [-0.2, 0) is 10.7 Å². The van der Waals surface area contributed by atoms with Gasteiger partial charge in [0.2, 0.25) is 0 Å². The SMILES string of the molecule is N#CCC(F)(F)c1ccc2c(c1)NC(=O)CO2. The minimum atomic E-state index is -3.23. The van der Waals surface area contributed by atoms with Gasteiger partial charge < -0.3 is 10.1 Å². The summed E-state index contributed by atoms with van der Waals surface area (Å²) in [5, 5.41) is 10.8. The number of alkyl halides is 2. The number of carbonyl (C=O) groups excluding carboxylic acids is 1. The lowest BCUT2D eigenvalue weighted by molar-refractivity contribution is -0.118. The summed E-state index contributed by atoms with van der Waals surface area (Å²) < 4.78 is 31.9. The fraction of sp³-hybridized carbons (Fsp3) is 0.273. The Hall–Kier alpha value is -2.16. The van der Waals surface area contributed by atoms with Crippen LogP contribution in [0.2, 0.25) is 0 Å². The minimum Gasteiger partial charge on any atom is -0.482 e. The van der Waals surface area contributed by atoms with Gasteiger partial charge in [-0.3, -0.25) is 4.79 Å². The first kappa shape index (κ1) is 11.3. The number of rotatable bonds is 2. The average Bonchev–Trinajstić information content (AvgIpc) is 2.28. The molecule has 0 spiro atoms. The standard InChI is InChI=1S/C11H8F2N2O2/c12-11(13,3-4-14)7-1-2-9-8(5-7)15-10(16)6-17-9/h1-2,5H,3,6H2,(H,15,16). The fourth-order valence-electron chi connectivity index (χ4n) is 1.51. The number of benzene rings is 1. The van der Waals surface area contributed by atoms with Crippen LogP contribution in [0.15, 0.2) is 18.2 Å². The van der Waals surface area contributed by atoms with E-state index in [0.29, 0.717) is 5.75 Å². The number of anilines is 1. The van der Waals surface area contributed by atoms with Crippen LogP contribution >= 0.6 is 0 Å². The van der Waals surface area contributed by atoms with Crippen LogP contribution in [0.4, 0.5) is 14.5 Å². The van der Waals surface area contributed by atoms with Crippen LogP contribution in [0.3, 0.4) is 0 Å². The van der Waals surface area contributed by atoms with Crippen molar-refractivity contribution < 1.29 is 18.3 Å². The van der Waals surface area contributed by atoms with Crippen molar-refractivity contribution in [3.63, 3.8) is 0 Å². The highest BCUT2D eigenvalue weighted by molar-refractivity contribution is 5.95. The molecular formula is C11H8F2N2O2. The highest BCUT2D eigenvalue weighted by atomic mass is 19.3. The van der Waals surface area contributed by atoms with E-state index in [0.717, 1.165) is 6.07 Å². The van der Waals surface area contributed by atoms with E-state index in [2.05, 4.69) is 5.32 Å². The van der Waals surface area contributed by atoms with Crippen LogP contribution in [0.1, 0.15) is 12.0 Å². The molecule has 1 amide bonds. The van der Waals surface area contributed by atoms with Crippen molar-refractivity contribution in [2.45, 2.75) is 12.3 Å². The topological polar surface area (TPSA) is 62.1 Å². The molecule has 1 N–H and O–H groups in total. The fourth-order valence-corrected chi connectivity index (χ4v) is 1.51. The Bertz CT molecular complexity index is 509. The number of hydrogen-bond acceptors (Lipinski definition) is 3. The van der Waals surface area contributed by atoms with Crippen molar-refractivity contribution in [3.05, 3.63) is 23.8 Å². The molecule has 88 valence electrons. The quantitative estimate of drug-likeness (QED) is 0.857. The molecule has 0 unspecified atom stereocenters. The Morgan fingerprint density at radius 1 is 1.53 bits per heavy atom. The third-order valence-electron chi connectivity index (χ3n) is 2.34. The molecule has 0 aromatic heterocycles. The van der Waals surface area contributed by atoms with Crippen molar-refractivity contribution in [1.29, 1.82) is 5.26 Å². The Morgan fingerprint density at radius 3 is 3.00 bits per heavy atom. The summed E-state index contributed by atoms with van der Waals surface area (Å²) >= 11 is 0. The molecule has 0 atom stereocenters. The van der Waals surface area contributed by atoms with Crippen LogP contribution in [0, 0.1) is 11.3 Å². The zero-order chi connectivity index (χ0) is 12.5. The van der Waals surface area contributed by atoms with E-state index >= 15 is 0 Å². The predicted molar refractivity (Wildman–Crippen MR) is 54.7 cm³/mol. The maximum absolute atomic E-state index is 13.4. The number of hydrogen-bond donors (Lipinski definition) is 1. The van der Waals surface area contributed by atoms with Gasteiger partial charge in [-0.1, -0.05) is 0 Å². The van der Waals surface area contributed by atoms with Crippen molar-refractivity contribution in [2.24, 2.45) is 0 Å². The molecule has 1 aromatic carbocycles. The third kappa shape index (κ3) is 2.18. The summed E-state index contributed by atoms with van der Waals surface area (Å²) in [5.41, 5.74) is -0.111. The van der Waals surface area contributed by atoms with Crippen LogP contribution in [0.5, 0.6) is 5.75 Å². The number of amides is 1. The lowest BCUT2D eigenvalue weighted by Gasteiger charge is -2.20. The molecule has 17 heavy (non-hydrogen) atoms. The monoisotopic (exact) mass is 238 g/mol. The zero-order valence-electron chi connectivity index (χ0n) is 8.67. The molecule has 6 heteroatoms. The second kappa shape index (κ2) is 4.01. The number of nitrogens with one attached hydrogen (secondary N) is 1. The third-order valence-corrected chi connectivity index (χ3v) is 2.34. The van der Waals surface area contributed by atoms with Gasteiger partial charge >= 0.3 is 0 Å². The largest absolute Gasteiger partial charge is 0.482 e. The summed E-state index contributed by atoms with van der Waals surface area (Å²) in [5.74, 6) is -3.27. The Balaban J connectivity index is 2.36. The van der Waals surface area contributed by atoms with E-state index in [1.54, 1.807) is 0 Å². The summed E-state index contributed by atoms with van der Waals surface area (Å²) in [4.78, 5) is 11.0. The maximum Gasteiger partial charge on any atom is 0.286 e. The van der Waals surface area contributed by atoms with Crippen LogP contribution < -0.4 is 10.1 Å². The van der Waals surface area contributed by atoms with Crippen molar-refractivity contribution in [2.75, 3.05) is 11.9 Å². The highest BCUT2D eigenvalue weighted by Crippen LogP contribution is 2.36. The molecule has 0 saturated carbocycles. The predicted octanol–water partition coefficient (Wildman–Crippen LogP) is 2.02. The van der Waals surface area contributed by atoms with Crippen LogP contribution in [-0.4, -0.2) is 12.5 Å². The van der Waals surface area contributed by atoms with Gasteiger partial charge in [-0.15, -0.1) is 0 Å². The summed E-state index contributed by atoms with van der Waals surface area (Å²) in [6.07, 6.45) is -0.902. The molecule has 2 rings (SSSR count). The van der Waals surface area contributed by atoms with E-state index in [-0.39, 0.29) is 17.9 Å². The van der Waals surface area contributed by atoms with Gasteiger partial charge in [0.05, 0.1) is 11.8 Å². The van der Waals surface area contributed by atoms with Crippen molar-refractivity contribution >= 4 is 11.6 Å². The van der Waals surface area contributed by atoms with Gasteiger partial charge in [0.1, 0.15) is 12.2 Å². The van der Waals surface area contributed by atoms with Gasteiger partial charge in [-0.05, 0) is 18.2 Å². The number of ether oxygens (including phenoxy) is 1. The summed E-state index contributed by atoms with van der Waals surface area (Å²) in [7, 11) is 0.